The SMILES string of the molecule is CN(C)Cc1c(C=C2CC3(CNC3)C2)ccc(Cl)c1C=O. The summed E-state index contributed by atoms with van der Waals surface area (Å²) in [5, 5.41) is 3.89. The Labute approximate surface area is 131 Å². The number of benzene rings is 1. The first kappa shape index (κ1) is 14.8. The molecule has 0 atom stereocenters. The van der Waals surface area contributed by atoms with Crippen LogP contribution in [0.4, 0.5) is 0 Å². The van der Waals surface area contributed by atoms with Crippen molar-refractivity contribution in [3.05, 3.63) is 39.4 Å². The van der Waals surface area contributed by atoms with E-state index in [9.17, 15) is 4.79 Å². The van der Waals surface area contributed by atoms with Gasteiger partial charge in [0.1, 0.15) is 0 Å². The number of nitrogens with one attached hydrogen (secondary N) is 1. The minimum Gasteiger partial charge on any atom is -0.315 e. The highest BCUT2D eigenvalue weighted by atomic mass is 35.5. The molecule has 1 N–H and O–H groups in total. The molecule has 1 spiro atoms. The predicted octanol–water partition coefficient (Wildman–Crippen LogP) is 2.98. The monoisotopic (exact) mass is 304 g/mol. The van der Waals surface area contributed by atoms with Gasteiger partial charge in [0.2, 0.25) is 0 Å². The zero-order chi connectivity index (χ0) is 15.0. The Kier molecular flexibility index (Phi) is 3.91. The van der Waals surface area contributed by atoms with Crippen molar-refractivity contribution in [2.24, 2.45) is 5.41 Å². The molecule has 1 saturated heterocycles. The van der Waals surface area contributed by atoms with Gasteiger partial charge in [-0.25, -0.2) is 0 Å². The summed E-state index contributed by atoms with van der Waals surface area (Å²) in [5.41, 5.74) is 4.80. The lowest BCUT2D eigenvalue weighted by Gasteiger charge is -2.51. The van der Waals surface area contributed by atoms with E-state index in [0.717, 1.165) is 37.0 Å². The Balaban J connectivity index is 1.90. The zero-order valence-electron chi connectivity index (χ0n) is 12.6. The second-order valence-electron chi connectivity index (χ2n) is 6.64. The van der Waals surface area contributed by atoms with E-state index in [1.807, 2.05) is 26.2 Å². The number of carbonyl (C=O) groups is 1. The summed E-state index contributed by atoms with van der Waals surface area (Å²) < 4.78 is 0. The van der Waals surface area contributed by atoms with Gasteiger partial charge in [0, 0.05) is 30.6 Å². The van der Waals surface area contributed by atoms with E-state index in [1.165, 1.54) is 18.4 Å². The fourth-order valence-electron chi connectivity index (χ4n) is 3.37. The van der Waals surface area contributed by atoms with Crippen LogP contribution in [0.5, 0.6) is 0 Å². The number of halogens is 1. The van der Waals surface area contributed by atoms with Crippen molar-refractivity contribution in [3.63, 3.8) is 0 Å². The summed E-state index contributed by atoms with van der Waals surface area (Å²) in [6, 6.07) is 3.86. The molecule has 0 unspecified atom stereocenters. The van der Waals surface area contributed by atoms with Crippen LogP contribution >= 0.6 is 11.6 Å². The number of rotatable bonds is 4. The van der Waals surface area contributed by atoms with Crippen molar-refractivity contribution >= 4 is 24.0 Å². The van der Waals surface area contributed by atoms with Crippen LogP contribution in [-0.4, -0.2) is 38.4 Å². The summed E-state index contributed by atoms with van der Waals surface area (Å²) in [6.45, 7) is 3.02. The number of allylic oxidation sites excluding steroid dienone is 1. The molecule has 1 heterocycles. The molecule has 1 aliphatic carbocycles. The van der Waals surface area contributed by atoms with Crippen LogP contribution in [0.3, 0.4) is 0 Å². The number of aldehydes is 1. The molecule has 21 heavy (non-hydrogen) atoms. The van der Waals surface area contributed by atoms with Gasteiger partial charge in [0.05, 0.1) is 5.02 Å². The standard InChI is InChI=1S/C17H21ClN2O/c1-20(2)8-14-13(3-4-16(18)15(14)9-21)5-12-6-17(7-12)10-19-11-17/h3-5,9,19H,6-8,10-11H2,1-2H3. The Bertz CT molecular complexity index is 593. The van der Waals surface area contributed by atoms with Gasteiger partial charge in [0.25, 0.3) is 0 Å². The Morgan fingerprint density at radius 1 is 1.33 bits per heavy atom. The minimum absolute atomic E-state index is 0.535. The highest BCUT2D eigenvalue weighted by Crippen LogP contribution is 2.48. The fraction of sp³-hybridized carbons (Fsp3) is 0.471. The van der Waals surface area contributed by atoms with Crippen LogP contribution in [0, 0.1) is 5.41 Å². The Hall–Kier alpha value is -1.16. The largest absolute Gasteiger partial charge is 0.315 e. The van der Waals surface area contributed by atoms with Crippen LogP contribution in [0.15, 0.2) is 17.7 Å². The molecule has 0 bridgehead atoms. The van der Waals surface area contributed by atoms with Crippen LogP contribution in [0.1, 0.15) is 34.3 Å². The maximum absolute atomic E-state index is 11.4. The van der Waals surface area contributed by atoms with Gasteiger partial charge in [-0.2, -0.15) is 0 Å². The average Bonchev–Trinajstić information content (AvgIpc) is 2.33. The van der Waals surface area contributed by atoms with E-state index < -0.39 is 0 Å². The lowest BCUT2D eigenvalue weighted by Crippen LogP contribution is -2.57. The van der Waals surface area contributed by atoms with Crippen molar-refractivity contribution < 1.29 is 4.79 Å². The van der Waals surface area contributed by atoms with E-state index in [2.05, 4.69) is 16.3 Å². The van der Waals surface area contributed by atoms with E-state index in [4.69, 9.17) is 11.6 Å². The number of nitrogens with zero attached hydrogens (tertiary/aromatic N) is 1. The van der Waals surface area contributed by atoms with E-state index in [-0.39, 0.29) is 0 Å². The summed E-state index contributed by atoms with van der Waals surface area (Å²) in [5.74, 6) is 0. The molecule has 112 valence electrons. The van der Waals surface area contributed by atoms with Crippen molar-refractivity contribution in [1.29, 1.82) is 0 Å². The molecule has 3 nitrogen and oxygen atoms in total. The highest BCUT2D eigenvalue weighted by molar-refractivity contribution is 6.33. The third-order valence-electron chi connectivity index (χ3n) is 4.50. The van der Waals surface area contributed by atoms with Crippen molar-refractivity contribution in [2.45, 2.75) is 19.4 Å². The topological polar surface area (TPSA) is 32.3 Å². The van der Waals surface area contributed by atoms with Gasteiger partial charge in [0.15, 0.2) is 6.29 Å². The first-order valence-electron chi connectivity index (χ1n) is 7.34. The second-order valence-corrected chi connectivity index (χ2v) is 7.05. The number of carbonyl (C=O) groups excluding carboxylic acids is 1. The lowest BCUT2D eigenvalue weighted by atomic mass is 9.61. The highest BCUT2D eigenvalue weighted by Gasteiger charge is 2.45. The van der Waals surface area contributed by atoms with Gasteiger partial charge >= 0.3 is 0 Å². The van der Waals surface area contributed by atoms with Crippen molar-refractivity contribution in [1.82, 2.24) is 10.2 Å². The first-order valence-corrected chi connectivity index (χ1v) is 7.72. The summed E-state index contributed by atoms with van der Waals surface area (Å²) in [4.78, 5) is 13.4. The van der Waals surface area contributed by atoms with Crippen LogP contribution < -0.4 is 5.32 Å². The fourth-order valence-corrected chi connectivity index (χ4v) is 3.59. The quantitative estimate of drug-likeness (QED) is 0.868. The van der Waals surface area contributed by atoms with E-state index in [1.54, 1.807) is 0 Å². The van der Waals surface area contributed by atoms with Crippen LogP contribution in [0.25, 0.3) is 6.08 Å². The number of hydrogen-bond donors (Lipinski definition) is 1. The number of hydrogen-bond acceptors (Lipinski definition) is 3. The maximum atomic E-state index is 11.4. The van der Waals surface area contributed by atoms with Gasteiger partial charge < -0.3 is 10.2 Å². The van der Waals surface area contributed by atoms with Crippen LogP contribution in [-0.2, 0) is 6.54 Å². The van der Waals surface area contributed by atoms with E-state index >= 15 is 0 Å². The molecule has 2 fully saturated rings. The van der Waals surface area contributed by atoms with Gasteiger partial charge in [-0.15, -0.1) is 0 Å². The van der Waals surface area contributed by atoms with Gasteiger partial charge in [-0.3, -0.25) is 4.79 Å². The van der Waals surface area contributed by atoms with E-state index in [0.29, 0.717) is 16.0 Å². The molecule has 4 heteroatoms. The average molecular weight is 305 g/mol. The summed E-state index contributed by atoms with van der Waals surface area (Å²) >= 11 is 6.17. The van der Waals surface area contributed by atoms with Gasteiger partial charge in [-0.1, -0.05) is 29.3 Å². The van der Waals surface area contributed by atoms with Crippen molar-refractivity contribution in [3.8, 4) is 0 Å². The van der Waals surface area contributed by atoms with Crippen LogP contribution in [0.2, 0.25) is 5.02 Å². The Morgan fingerprint density at radius 2 is 2.05 bits per heavy atom. The first-order chi connectivity index (χ1) is 10.0. The normalized spacial score (nSPS) is 19.3. The third kappa shape index (κ3) is 2.78. The third-order valence-corrected chi connectivity index (χ3v) is 4.83. The molecule has 2 aliphatic rings. The lowest BCUT2D eigenvalue weighted by molar-refractivity contribution is 0.112. The molecular formula is C17H21ClN2O. The van der Waals surface area contributed by atoms with Crippen molar-refractivity contribution in [2.75, 3.05) is 27.2 Å². The molecule has 0 radical (unpaired) electrons. The second kappa shape index (κ2) is 5.56. The molecule has 0 aromatic heterocycles. The predicted molar refractivity (Wildman–Crippen MR) is 86.7 cm³/mol. The summed E-state index contributed by atoms with van der Waals surface area (Å²) in [6.07, 6.45) is 5.49. The molecule has 0 amide bonds. The molecule has 1 aliphatic heterocycles. The minimum atomic E-state index is 0.535. The van der Waals surface area contributed by atoms with Gasteiger partial charge in [-0.05, 0) is 44.1 Å². The molecular weight excluding hydrogens is 284 g/mol. The molecule has 1 aromatic carbocycles. The molecule has 3 rings (SSSR count). The smallest absolute Gasteiger partial charge is 0.151 e. The molecule has 1 aromatic rings. The summed E-state index contributed by atoms with van der Waals surface area (Å²) in [7, 11) is 4.01. The maximum Gasteiger partial charge on any atom is 0.151 e. The zero-order valence-corrected chi connectivity index (χ0v) is 13.3. The molecule has 1 saturated carbocycles. The Morgan fingerprint density at radius 3 is 2.57 bits per heavy atom.